The van der Waals surface area contributed by atoms with Crippen LogP contribution in [0.2, 0.25) is 0 Å². The van der Waals surface area contributed by atoms with Crippen LogP contribution in [-0.4, -0.2) is 47.9 Å². The second-order valence-corrected chi connectivity index (χ2v) is 5.54. The third kappa shape index (κ3) is 3.18. The molecule has 1 unspecified atom stereocenters. The van der Waals surface area contributed by atoms with E-state index in [0.29, 0.717) is 17.2 Å². The number of carbonyl (C=O) groups excluding carboxylic acids is 1. The zero-order chi connectivity index (χ0) is 14.7. The maximum absolute atomic E-state index is 13.1. The van der Waals surface area contributed by atoms with Crippen LogP contribution in [0.1, 0.15) is 36.2 Å². The molecule has 4 heteroatoms. The molecule has 0 bridgehead atoms. The van der Waals surface area contributed by atoms with Gasteiger partial charge >= 0.3 is 0 Å². The van der Waals surface area contributed by atoms with Gasteiger partial charge in [-0.2, -0.15) is 0 Å². The van der Waals surface area contributed by atoms with E-state index in [9.17, 15) is 9.18 Å². The molecule has 0 N–H and O–H groups in total. The second kappa shape index (κ2) is 6.35. The van der Waals surface area contributed by atoms with Gasteiger partial charge in [-0.3, -0.25) is 9.69 Å². The summed E-state index contributed by atoms with van der Waals surface area (Å²) in [6.45, 7) is 9.53. The monoisotopic (exact) mass is 278 g/mol. The van der Waals surface area contributed by atoms with Gasteiger partial charge in [-0.1, -0.05) is 6.92 Å². The minimum absolute atomic E-state index is 0.0197. The van der Waals surface area contributed by atoms with E-state index >= 15 is 0 Å². The van der Waals surface area contributed by atoms with Crippen molar-refractivity contribution in [3.8, 4) is 0 Å². The zero-order valence-corrected chi connectivity index (χ0v) is 12.5. The molecular weight excluding hydrogens is 255 g/mol. The number of benzene rings is 1. The Balaban J connectivity index is 2.01. The molecule has 1 heterocycles. The lowest BCUT2D eigenvalue weighted by molar-refractivity contribution is 0.0579. The number of rotatable bonds is 3. The molecule has 0 spiro atoms. The molecule has 2 rings (SSSR count). The maximum atomic E-state index is 13.1. The summed E-state index contributed by atoms with van der Waals surface area (Å²) in [6.07, 6.45) is 1.13. The molecule has 1 saturated heterocycles. The van der Waals surface area contributed by atoms with Crippen LogP contribution >= 0.6 is 0 Å². The fourth-order valence-corrected chi connectivity index (χ4v) is 2.66. The highest BCUT2D eigenvalue weighted by molar-refractivity contribution is 5.95. The van der Waals surface area contributed by atoms with Crippen LogP contribution in [0.15, 0.2) is 18.2 Å². The number of amides is 1. The predicted octanol–water partition coefficient (Wildman–Crippen LogP) is 2.69. The first-order valence-corrected chi connectivity index (χ1v) is 7.32. The summed E-state index contributed by atoms with van der Waals surface area (Å²) in [5.74, 6) is -0.271. The molecule has 1 aromatic rings. The third-order valence-corrected chi connectivity index (χ3v) is 4.23. The van der Waals surface area contributed by atoms with E-state index in [2.05, 4.69) is 18.7 Å². The van der Waals surface area contributed by atoms with Gasteiger partial charge in [-0.05, 0) is 44.0 Å². The summed E-state index contributed by atoms with van der Waals surface area (Å²) in [7, 11) is 0. The largest absolute Gasteiger partial charge is 0.336 e. The van der Waals surface area contributed by atoms with E-state index in [4.69, 9.17) is 0 Å². The van der Waals surface area contributed by atoms with Crippen molar-refractivity contribution in [3.05, 3.63) is 35.1 Å². The fraction of sp³-hybridized carbons (Fsp3) is 0.562. The molecule has 3 nitrogen and oxygen atoms in total. The molecule has 0 saturated carbocycles. The highest BCUT2D eigenvalue weighted by atomic mass is 19.1. The Hall–Kier alpha value is -1.42. The summed E-state index contributed by atoms with van der Waals surface area (Å²) in [6, 6.07) is 4.94. The first-order chi connectivity index (χ1) is 9.52. The van der Waals surface area contributed by atoms with Gasteiger partial charge in [-0.15, -0.1) is 0 Å². The lowest BCUT2D eigenvalue weighted by Crippen LogP contribution is -2.51. The zero-order valence-electron chi connectivity index (χ0n) is 12.5. The molecule has 1 amide bonds. The first-order valence-electron chi connectivity index (χ1n) is 7.32. The van der Waals surface area contributed by atoms with Crippen LogP contribution in [0.5, 0.6) is 0 Å². The van der Waals surface area contributed by atoms with Crippen LogP contribution < -0.4 is 0 Å². The van der Waals surface area contributed by atoms with Crippen molar-refractivity contribution in [2.75, 3.05) is 26.2 Å². The average molecular weight is 278 g/mol. The summed E-state index contributed by atoms with van der Waals surface area (Å²) >= 11 is 0. The van der Waals surface area contributed by atoms with Crippen molar-refractivity contribution in [1.29, 1.82) is 0 Å². The Morgan fingerprint density at radius 3 is 2.50 bits per heavy atom. The van der Waals surface area contributed by atoms with Crippen LogP contribution in [-0.2, 0) is 0 Å². The van der Waals surface area contributed by atoms with Crippen molar-refractivity contribution in [2.45, 2.75) is 33.2 Å². The highest BCUT2D eigenvalue weighted by Crippen LogP contribution is 2.15. The van der Waals surface area contributed by atoms with E-state index in [0.717, 1.165) is 32.6 Å². The number of hydrogen-bond donors (Lipinski definition) is 0. The summed E-state index contributed by atoms with van der Waals surface area (Å²) < 4.78 is 13.1. The van der Waals surface area contributed by atoms with Crippen molar-refractivity contribution in [1.82, 2.24) is 9.80 Å². The van der Waals surface area contributed by atoms with Crippen molar-refractivity contribution in [2.24, 2.45) is 0 Å². The van der Waals surface area contributed by atoms with Gasteiger partial charge in [0.15, 0.2) is 0 Å². The smallest absolute Gasteiger partial charge is 0.254 e. The van der Waals surface area contributed by atoms with Crippen LogP contribution in [0.4, 0.5) is 4.39 Å². The quantitative estimate of drug-likeness (QED) is 0.848. The average Bonchev–Trinajstić information content (AvgIpc) is 2.46. The van der Waals surface area contributed by atoms with Crippen molar-refractivity contribution in [3.63, 3.8) is 0 Å². The Labute approximate surface area is 120 Å². The Kier molecular flexibility index (Phi) is 4.76. The van der Waals surface area contributed by atoms with E-state index in [-0.39, 0.29) is 11.7 Å². The summed E-state index contributed by atoms with van der Waals surface area (Å²) in [5, 5.41) is 0. The van der Waals surface area contributed by atoms with Gasteiger partial charge in [0.25, 0.3) is 5.91 Å². The van der Waals surface area contributed by atoms with Crippen LogP contribution in [0.3, 0.4) is 0 Å². The Morgan fingerprint density at radius 2 is 1.95 bits per heavy atom. The van der Waals surface area contributed by atoms with Gasteiger partial charge in [0, 0.05) is 37.8 Å². The highest BCUT2D eigenvalue weighted by Gasteiger charge is 2.24. The Bertz CT molecular complexity index is 481. The first kappa shape index (κ1) is 15.0. The van der Waals surface area contributed by atoms with E-state index < -0.39 is 0 Å². The number of nitrogens with zero attached hydrogens (tertiary/aromatic N) is 2. The molecule has 1 aliphatic rings. The molecule has 0 aliphatic carbocycles. The van der Waals surface area contributed by atoms with Gasteiger partial charge in [0.05, 0.1) is 0 Å². The van der Waals surface area contributed by atoms with Crippen LogP contribution in [0, 0.1) is 12.7 Å². The van der Waals surface area contributed by atoms with Crippen molar-refractivity contribution >= 4 is 5.91 Å². The second-order valence-electron chi connectivity index (χ2n) is 5.54. The topological polar surface area (TPSA) is 23.6 Å². The number of carbonyl (C=O) groups is 1. The van der Waals surface area contributed by atoms with Gasteiger partial charge in [0.2, 0.25) is 0 Å². The van der Waals surface area contributed by atoms with Crippen LogP contribution in [0.25, 0.3) is 0 Å². The van der Waals surface area contributed by atoms with E-state index in [1.165, 1.54) is 12.1 Å². The Morgan fingerprint density at radius 1 is 1.30 bits per heavy atom. The van der Waals surface area contributed by atoms with E-state index in [1.807, 2.05) is 4.90 Å². The van der Waals surface area contributed by atoms with Gasteiger partial charge in [-0.25, -0.2) is 4.39 Å². The lowest BCUT2D eigenvalue weighted by Gasteiger charge is -2.38. The molecule has 1 aliphatic heterocycles. The maximum Gasteiger partial charge on any atom is 0.254 e. The van der Waals surface area contributed by atoms with Crippen molar-refractivity contribution < 1.29 is 9.18 Å². The third-order valence-electron chi connectivity index (χ3n) is 4.23. The minimum atomic E-state index is -0.291. The number of aryl methyl sites for hydroxylation is 1. The molecule has 1 fully saturated rings. The molecule has 1 aromatic carbocycles. The summed E-state index contributed by atoms with van der Waals surface area (Å²) in [4.78, 5) is 16.8. The molecule has 0 radical (unpaired) electrons. The number of piperazine rings is 1. The summed E-state index contributed by atoms with van der Waals surface area (Å²) in [5.41, 5.74) is 1.32. The standard InChI is InChI=1S/C16H23FN2O/c1-4-13(3)18-7-9-19(10-8-18)16(20)15-6-5-14(17)11-12(15)2/h5-6,11,13H,4,7-10H2,1-3H3. The van der Waals surface area contributed by atoms with E-state index in [1.54, 1.807) is 13.0 Å². The molecular formula is C16H23FN2O. The van der Waals surface area contributed by atoms with Gasteiger partial charge in [0.1, 0.15) is 5.82 Å². The molecule has 1 atom stereocenters. The minimum Gasteiger partial charge on any atom is -0.336 e. The number of hydrogen-bond acceptors (Lipinski definition) is 2. The molecule has 110 valence electrons. The molecule has 0 aromatic heterocycles. The normalized spacial score (nSPS) is 18.1. The SMILES string of the molecule is CCC(C)N1CCN(C(=O)c2ccc(F)cc2C)CC1. The predicted molar refractivity (Wildman–Crippen MR) is 78.4 cm³/mol. The van der Waals surface area contributed by atoms with Gasteiger partial charge < -0.3 is 4.90 Å². The molecule has 20 heavy (non-hydrogen) atoms. The fourth-order valence-electron chi connectivity index (χ4n) is 2.66. The lowest BCUT2D eigenvalue weighted by atomic mass is 10.1. The number of halogens is 1.